The average Bonchev–Trinajstić information content (AvgIpc) is 3.60. The molecule has 2 aromatic heterocycles. The van der Waals surface area contributed by atoms with Gasteiger partial charge < -0.3 is 14.2 Å². The van der Waals surface area contributed by atoms with E-state index in [4.69, 9.17) is 19.2 Å². The third-order valence-electron chi connectivity index (χ3n) is 8.86. The number of urea groups is 1. The number of carbonyl (C=O) groups excluding carboxylic acids is 2. The first-order valence-electron chi connectivity index (χ1n) is 13.7. The number of ether oxygens (including phenoxy) is 1. The van der Waals surface area contributed by atoms with E-state index >= 15 is 0 Å². The zero-order chi connectivity index (χ0) is 25.7. The fraction of sp³-hybridized carbons (Fsp3) is 0.667. The Hall–Kier alpha value is -3.01. The van der Waals surface area contributed by atoms with E-state index < -0.39 is 5.41 Å². The van der Waals surface area contributed by atoms with Crippen molar-refractivity contribution >= 4 is 17.6 Å². The molecule has 1 saturated carbocycles. The molecule has 3 fully saturated rings. The highest BCUT2D eigenvalue weighted by Gasteiger charge is 2.48. The van der Waals surface area contributed by atoms with Crippen LogP contribution in [-0.2, 0) is 16.6 Å². The minimum atomic E-state index is -0.566. The second-order valence-corrected chi connectivity index (χ2v) is 11.2. The van der Waals surface area contributed by atoms with Crippen LogP contribution >= 0.6 is 0 Å². The molecular formula is C27H36N6O4. The third kappa shape index (κ3) is 4.09. The molecule has 0 bridgehead atoms. The number of nitrogens with zero attached hydrogens (tertiary/aromatic N) is 6. The van der Waals surface area contributed by atoms with Crippen molar-refractivity contribution in [2.24, 2.45) is 0 Å². The number of amides is 2. The van der Waals surface area contributed by atoms with Crippen LogP contribution in [0, 0.1) is 0 Å². The predicted octanol–water partition coefficient (Wildman–Crippen LogP) is 3.58. The number of aromatic nitrogens is 3. The van der Waals surface area contributed by atoms with Gasteiger partial charge in [0.1, 0.15) is 17.7 Å². The zero-order valence-corrected chi connectivity index (χ0v) is 22.0. The van der Waals surface area contributed by atoms with E-state index in [0.717, 1.165) is 63.5 Å². The van der Waals surface area contributed by atoms with Crippen LogP contribution in [0.5, 0.6) is 5.88 Å². The van der Waals surface area contributed by atoms with Crippen molar-refractivity contribution in [3.05, 3.63) is 17.4 Å². The van der Waals surface area contributed by atoms with E-state index in [1.54, 1.807) is 22.9 Å². The SMILES string of the molecule is C[C@H](Oc1cc(N2CCN(C)C2=O)nc(-c2noc3c2CCC[C@@]32CCCCC2=O)n1)[C@@H]1CCCN1C. The maximum atomic E-state index is 13.1. The maximum absolute atomic E-state index is 13.1. The summed E-state index contributed by atoms with van der Waals surface area (Å²) in [4.78, 5) is 41.2. The van der Waals surface area contributed by atoms with Gasteiger partial charge in [-0.05, 0) is 65.5 Å². The second kappa shape index (κ2) is 9.38. The van der Waals surface area contributed by atoms with Crippen LogP contribution in [0.1, 0.15) is 69.6 Å². The number of rotatable bonds is 5. The summed E-state index contributed by atoms with van der Waals surface area (Å²) < 4.78 is 12.3. The molecule has 1 spiro atoms. The van der Waals surface area contributed by atoms with Crippen molar-refractivity contribution < 1.29 is 18.8 Å². The Labute approximate surface area is 217 Å². The van der Waals surface area contributed by atoms with Gasteiger partial charge in [0.05, 0.1) is 5.41 Å². The summed E-state index contributed by atoms with van der Waals surface area (Å²) >= 11 is 0. The minimum Gasteiger partial charge on any atom is -0.473 e. The van der Waals surface area contributed by atoms with Crippen LogP contribution in [0.25, 0.3) is 11.5 Å². The van der Waals surface area contributed by atoms with Crippen molar-refractivity contribution in [1.29, 1.82) is 0 Å². The molecule has 0 radical (unpaired) electrons. The highest BCUT2D eigenvalue weighted by Crippen LogP contribution is 2.47. The first-order chi connectivity index (χ1) is 17.9. The van der Waals surface area contributed by atoms with E-state index in [-0.39, 0.29) is 17.9 Å². The molecule has 37 heavy (non-hydrogen) atoms. The Kier molecular flexibility index (Phi) is 6.17. The number of anilines is 1. The summed E-state index contributed by atoms with van der Waals surface area (Å²) in [6, 6.07) is 1.96. The van der Waals surface area contributed by atoms with Crippen LogP contribution in [-0.4, -0.2) is 82.6 Å². The van der Waals surface area contributed by atoms with Crippen molar-refractivity contribution in [3.63, 3.8) is 0 Å². The lowest BCUT2D eigenvalue weighted by Gasteiger charge is -2.36. The quantitative estimate of drug-likeness (QED) is 0.604. The molecule has 10 heteroatoms. The largest absolute Gasteiger partial charge is 0.473 e. The lowest BCUT2D eigenvalue weighted by molar-refractivity contribution is -0.128. The van der Waals surface area contributed by atoms with Crippen molar-refractivity contribution in [2.45, 2.75) is 82.3 Å². The standard InChI is InChI=1S/C27H36N6O4/c1-17(19-9-7-13-31(19)2)36-22-16-21(33-15-14-32(3)26(33)35)28-25(29-22)23-18-8-6-12-27(24(18)37-30-23)11-5-4-10-20(27)34/h16-17,19H,4-15H2,1-3H3/t17-,19-,27+/m0/s1. The highest BCUT2D eigenvalue weighted by molar-refractivity contribution is 5.93. The third-order valence-corrected chi connectivity index (χ3v) is 8.86. The molecule has 0 N–H and O–H groups in total. The summed E-state index contributed by atoms with van der Waals surface area (Å²) in [7, 11) is 3.91. The normalized spacial score (nSPS) is 27.3. The Morgan fingerprint density at radius 3 is 2.62 bits per heavy atom. The summed E-state index contributed by atoms with van der Waals surface area (Å²) in [5, 5.41) is 4.43. The molecule has 198 valence electrons. The molecule has 0 aromatic carbocycles. The molecule has 4 aliphatic rings. The number of fused-ring (bicyclic) bond motifs is 2. The minimum absolute atomic E-state index is 0.0746. The van der Waals surface area contributed by atoms with Gasteiger partial charge in [0.15, 0.2) is 17.3 Å². The number of hydrogen-bond donors (Lipinski definition) is 0. The summed E-state index contributed by atoms with van der Waals surface area (Å²) in [6.45, 7) is 4.29. The van der Waals surface area contributed by atoms with Gasteiger partial charge in [-0.1, -0.05) is 11.6 Å². The predicted molar refractivity (Wildman–Crippen MR) is 137 cm³/mol. The fourth-order valence-corrected chi connectivity index (χ4v) is 6.74. The lowest BCUT2D eigenvalue weighted by atomic mass is 9.64. The van der Waals surface area contributed by atoms with E-state index in [1.165, 1.54) is 0 Å². The summed E-state index contributed by atoms with van der Waals surface area (Å²) in [5.41, 5.74) is 0.922. The van der Waals surface area contributed by atoms with Crippen LogP contribution in [0.3, 0.4) is 0 Å². The van der Waals surface area contributed by atoms with E-state index in [9.17, 15) is 9.59 Å². The van der Waals surface area contributed by atoms with Gasteiger partial charge in [-0.25, -0.2) is 9.78 Å². The molecule has 2 aliphatic heterocycles. The van der Waals surface area contributed by atoms with Gasteiger partial charge >= 0.3 is 6.03 Å². The number of ketones is 1. The molecule has 2 saturated heterocycles. The molecule has 0 unspecified atom stereocenters. The Morgan fingerprint density at radius 1 is 1.05 bits per heavy atom. The molecule has 2 aromatic rings. The summed E-state index contributed by atoms with van der Waals surface area (Å²) in [5.74, 6) is 2.27. The van der Waals surface area contributed by atoms with Gasteiger partial charge in [0.2, 0.25) is 5.88 Å². The van der Waals surface area contributed by atoms with Crippen LogP contribution in [0.15, 0.2) is 10.6 Å². The van der Waals surface area contributed by atoms with Gasteiger partial charge in [-0.3, -0.25) is 14.6 Å². The second-order valence-electron chi connectivity index (χ2n) is 11.2. The average molecular weight is 509 g/mol. The highest BCUT2D eigenvalue weighted by atomic mass is 16.5. The van der Waals surface area contributed by atoms with E-state index in [1.807, 2.05) is 0 Å². The molecule has 2 amide bonds. The monoisotopic (exact) mass is 508 g/mol. The van der Waals surface area contributed by atoms with Crippen LogP contribution in [0.2, 0.25) is 0 Å². The first kappa shape index (κ1) is 24.3. The fourth-order valence-electron chi connectivity index (χ4n) is 6.74. The molecule has 2 aliphatic carbocycles. The lowest BCUT2D eigenvalue weighted by Crippen LogP contribution is -2.41. The number of Topliss-reactive ketones (excluding diaryl/α,β-unsaturated/α-hetero) is 1. The van der Waals surface area contributed by atoms with Gasteiger partial charge in [-0.2, -0.15) is 4.98 Å². The van der Waals surface area contributed by atoms with Crippen LogP contribution < -0.4 is 9.64 Å². The van der Waals surface area contributed by atoms with Gasteiger partial charge in [-0.15, -0.1) is 0 Å². The first-order valence-corrected chi connectivity index (χ1v) is 13.7. The Balaban J connectivity index is 1.40. The maximum Gasteiger partial charge on any atom is 0.325 e. The molecule has 10 nitrogen and oxygen atoms in total. The Morgan fingerprint density at radius 2 is 1.89 bits per heavy atom. The topological polar surface area (TPSA) is 105 Å². The molecular weight excluding hydrogens is 472 g/mol. The Bertz CT molecular complexity index is 1210. The molecule has 3 atom stereocenters. The van der Waals surface area contributed by atoms with Crippen molar-refractivity contribution in [1.82, 2.24) is 24.9 Å². The zero-order valence-electron chi connectivity index (χ0n) is 22.0. The number of hydrogen-bond acceptors (Lipinski definition) is 8. The van der Waals surface area contributed by atoms with Gasteiger partial charge in [0.25, 0.3) is 0 Å². The molecule has 4 heterocycles. The van der Waals surface area contributed by atoms with E-state index in [2.05, 4.69) is 24.0 Å². The van der Waals surface area contributed by atoms with Crippen LogP contribution in [0.4, 0.5) is 10.6 Å². The van der Waals surface area contributed by atoms with Crippen molar-refractivity contribution in [3.8, 4) is 17.4 Å². The summed E-state index contributed by atoms with van der Waals surface area (Å²) in [6.07, 6.45) is 7.98. The molecule has 6 rings (SSSR count). The number of likely N-dealkylation sites (tertiary alicyclic amines) is 1. The smallest absolute Gasteiger partial charge is 0.325 e. The van der Waals surface area contributed by atoms with Gasteiger partial charge in [0, 0.05) is 44.2 Å². The van der Waals surface area contributed by atoms with E-state index in [0.29, 0.717) is 54.5 Å². The number of carbonyl (C=O) groups is 2. The van der Waals surface area contributed by atoms with Crippen molar-refractivity contribution in [2.75, 3.05) is 38.6 Å². The number of likely N-dealkylation sites (N-methyl/N-ethyl adjacent to an activating group) is 2.